The minimum absolute atomic E-state index is 0. The molecule has 0 aromatic carbocycles. The van der Waals surface area contributed by atoms with Crippen LogP contribution in [0.5, 0.6) is 0 Å². The Balaban J connectivity index is 0. The Kier molecular flexibility index (Phi) is 6.47. The number of rotatable bonds is 4. The number of quaternary nitrogens is 1. The first-order valence-electron chi connectivity index (χ1n) is 4.37. The molecule has 0 aliphatic carbocycles. The summed E-state index contributed by atoms with van der Waals surface area (Å²) in [7, 11) is 0. The van der Waals surface area contributed by atoms with Crippen molar-refractivity contribution in [3.8, 4) is 0 Å². The highest BCUT2D eigenvalue weighted by molar-refractivity contribution is 4.47. The van der Waals surface area contributed by atoms with Crippen LogP contribution in [0.4, 0.5) is 0 Å². The third-order valence-corrected chi connectivity index (χ3v) is 2.59. The molecule has 0 aromatic heterocycles. The largest absolute Gasteiger partial charge is 0.412 e. The van der Waals surface area contributed by atoms with Crippen LogP contribution in [0.15, 0.2) is 0 Å². The number of aliphatic hydroxyl groups is 4. The summed E-state index contributed by atoms with van der Waals surface area (Å²) in [5, 5.41) is 37.9. The normalized spacial score (nSPS) is 24.0. The minimum atomic E-state index is -1.04. The summed E-state index contributed by atoms with van der Waals surface area (Å²) in [5.41, 5.74) is 0. The minimum Gasteiger partial charge on any atom is -0.412 e. The molecule has 0 radical (unpaired) electrons. The Morgan fingerprint density at radius 2 is 0.786 bits per heavy atom. The van der Waals surface area contributed by atoms with E-state index >= 15 is 0 Å². The lowest BCUT2D eigenvalue weighted by Crippen LogP contribution is -2.68. The van der Waals surface area contributed by atoms with Crippen LogP contribution < -0.4 is 0 Å². The van der Waals surface area contributed by atoms with Gasteiger partial charge in [-0.3, -0.25) is 0 Å². The molecule has 0 fully saturated rings. The zero-order valence-corrected chi connectivity index (χ0v) is 9.05. The van der Waals surface area contributed by atoms with Gasteiger partial charge in [0.25, 0.3) is 0 Å². The first-order chi connectivity index (χ1) is 5.77. The first kappa shape index (κ1) is 16.2. The first-order valence-corrected chi connectivity index (χ1v) is 4.37. The van der Waals surface area contributed by atoms with Crippen LogP contribution in [-0.4, -0.2) is 55.3 Å². The molecule has 0 aromatic rings. The van der Waals surface area contributed by atoms with Gasteiger partial charge in [-0.2, -0.15) is 0 Å². The second-order valence-corrected chi connectivity index (χ2v) is 3.42. The second kappa shape index (κ2) is 5.59. The molecule has 0 heterocycles. The predicted molar refractivity (Wildman–Crippen MR) is 50.6 cm³/mol. The van der Waals surface area contributed by atoms with Gasteiger partial charge in [0.05, 0.1) is 0 Å². The molecular weight excluding hydrogens is 190 g/mol. The zero-order valence-electron chi connectivity index (χ0n) is 9.05. The maximum absolute atomic E-state index is 9.47. The van der Waals surface area contributed by atoms with Crippen molar-refractivity contribution in [2.75, 3.05) is 0 Å². The maximum atomic E-state index is 9.47. The summed E-state index contributed by atoms with van der Waals surface area (Å²) < 4.78 is -0.556. The van der Waals surface area contributed by atoms with Gasteiger partial charge in [-0.25, -0.2) is 4.48 Å². The highest BCUT2D eigenvalue weighted by Gasteiger charge is 2.46. The van der Waals surface area contributed by atoms with E-state index in [0.717, 1.165) is 0 Å². The van der Waals surface area contributed by atoms with E-state index in [9.17, 15) is 20.4 Å². The van der Waals surface area contributed by atoms with Crippen LogP contribution in [-0.2, 0) is 0 Å². The van der Waals surface area contributed by atoms with Crippen LogP contribution in [0, 0.1) is 0 Å². The lowest BCUT2D eigenvalue weighted by molar-refractivity contribution is -1.07. The van der Waals surface area contributed by atoms with Crippen LogP contribution in [0.3, 0.4) is 0 Å². The van der Waals surface area contributed by atoms with Gasteiger partial charge in [-0.1, -0.05) is 0 Å². The highest BCUT2D eigenvalue weighted by atomic mass is 16.4. The van der Waals surface area contributed by atoms with Crippen LogP contribution in [0.25, 0.3) is 0 Å². The molecule has 0 rings (SSSR count). The molecule has 0 bridgehead atoms. The zero-order chi connectivity index (χ0) is 10.8. The maximum Gasteiger partial charge on any atom is 0.193 e. The van der Waals surface area contributed by atoms with Crippen molar-refractivity contribution >= 4 is 0 Å². The molecular formula is C8H22NO5+. The smallest absolute Gasteiger partial charge is 0.193 e. The molecule has 4 atom stereocenters. The Morgan fingerprint density at radius 1 is 0.643 bits per heavy atom. The van der Waals surface area contributed by atoms with Gasteiger partial charge in [0.2, 0.25) is 0 Å². The van der Waals surface area contributed by atoms with Crippen molar-refractivity contribution < 1.29 is 30.4 Å². The van der Waals surface area contributed by atoms with Crippen LogP contribution in [0.1, 0.15) is 27.7 Å². The fraction of sp³-hybridized carbons (Fsp3) is 1.00. The SMILES string of the molecule is CC(O)[N+](C(C)O)(C(C)O)C(C)O.O. The van der Waals surface area contributed by atoms with E-state index in [2.05, 4.69) is 0 Å². The quantitative estimate of drug-likeness (QED) is 0.330. The predicted octanol–water partition coefficient (Wildman–Crippen LogP) is -1.67. The van der Waals surface area contributed by atoms with Crippen molar-refractivity contribution in [2.24, 2.45) is 0 Å². The fourth-order valence-corrected chi connectivity index (χ4v) is 1.87. The van der Waals surface area contributed by atoms with Crippen molar-refractivity contribution in [1.29, 1.82) is 0 Å². The van der Waals surface area contributed by atoms with Gasteiger partial charge >= 0.3 is 0 Å². The molecule has 14 heavy (non-hydrogen) atoms. The van der Waals surface area contributed by atoms with Gasteiger partial charge < -0.3 is 25.9 Å². The Morgan fingerprint density at radius 3 is 0.786 bits per heavy atom. The number of hydrogen-bond acceptors (Lipinski definition) is 4. The second-order valence-electron chi connectivity index (χ2n) is 3.42. The van der Waals surface area contributed by atoms with Crippen molar-refractivity contribution in [3.63, 3.8) is 0 Å². The molecule has 0 saturated carbocycles. The van der Waals surface area contributed by atoms with E-state index in [0.29, 0.717) is 0 Å². The Hall–Kier alpha value is -0.240. The monoisotopic (exact) mass is 212 g/mol. The lowest BCUT2D eigenvalue weighted by atomic mass is 10.2. The molecule has 0 saturated heterocycles. The van der Waals surface area contributed by atoms with Gasteiger partial charge in [0, 0.05) is 27.7 Å². The average Bonchev–Trinajstić information content (AvgIpc) is 1.82. The van der Waals surface area contributed by atoms with Crippen LogP contribution >= 0.6 is 0 Å². The molecule has 6 heteroatoms. The highest BCUT2D eigenvalue weighted by Crippen LogP contribution is 2.24. The average molecular weight is 212 g/mol. The van der Waals surface area contributed by atoms with E-state index in [1.54, 1.807) is 0 Å². The molecule has 88 valence electrons. The van der Waals surface area contributed by atoms with Gasteiger partial charge in [-0.05, 0) is 0 Å². The van der Waals surface area contributed by atoms with Crippen molar-refractivity contribution in [3.05, 3.63) is 0 Å². The molecule has 6 N–H and O–H groups in total. The van der Waals surface area contributed by atoms with Crippen molar-refractivity contribution in [2.45, 2.75) is 52.6 Å². The summed E-state index contributed by atoms with van der Waals surface area (Å²) >= 11 is 0. The third-order valence-electron chi connectivity index (χ3n) is 2.59. The Labute approximate surface area is 83.9 Å². The third kappa shape index (κ3) is 2.41. The molecule has 4 unspecified atom stereocenters. The number of hydrogen-bond donors (Lipinski definition) is 4. The fourth-order valence-electron chi connectivity index (χ4n) is 1.87. The topological polar surface area (TPSA) is 112 Å². The van der Waals surface area contributed by atoms with Crippen LogP contribution in [0.2, 0.25) is 0 Å². The summed E-state index contributed by atoms with van der Waals surface area (Å²) in [4.78, 5) is 0. The molecule has 0 spiro atoms. The molecule has 6 nitrogen and oxygen atoms in total. The van der Waals surface area contributed by atoms with E-state index < -0.39 is 29.4 Å². The van der Waals surface area contributed by atoms with Gasteiger partial charge in [-0.15, -0.1) is 0 Å². The molecule has 0 aliphatic heterocycles. The summed E-state index contributed by atoms with van der Waals surface area (Å²) in [6, 6.07) is 0. The summed E-state index contributed by atoms with van der Waals surface area (Å²) in [5.74, 6) is 0. The molecule has 0 amide bonds. The standard InChI is InChI=1S/C8H20NO4.H2O/c1-5(10)9(6(2)11,7(3)12)8(4)13;/h5-8,10-13H,1-4H3;1H2/q+1;. The Bertz CT molecular complexity index is 120. The van der Waals surface area contributed by atoms with E-state index in [1.165, 1.54) is 27.7 Å². The number of aliphatic hydroxyl groups excluding tert-OH is 4. The molecule has 0 aliphatic rings. The summed E-state index contributed by atoms with van der Waals surface area (Å²) in [6.45, 7) is 5.69. The van der Waals surface area contributed by atoms with E-state index in [4.69, 9.17) is 0 Å². The lowest BCUT2D eigenvalue weighted by Gasteiger charge is -2.46. The van der Waals surface area contributed by atoms with Crippen molar-refractivity contribution in [1.82, 2.24) is 0 Å². The van der Waals surface area contributed by atoms with Gasteiger partial charge in [0.15, 0.2) is 24.9 Å². The van der Waals surface area contributed by atoms with Gasteiger partial charge in [0.1, 0.15) is 0 Å². The van der Waals surface area contributed by atoms with E-state index in [1.807, 2.05) is 0 Å². The number of nitrogens with zero attached hydrogens (tertiary/aromatic N) is 1. The van der Waals surface area contributed by atoms with E-state index in [-0.39, 0.29) is 5.48 Å². The summed E-state index contributed by atoms with van der Waals surface area (Å²) in [6.07, 6.45) is -4.17.